The van der Waals surface area contributed by atoms with Gasteiger partial charge in [-0.25, -0.2) is 0 Å². The summed E-state index contributed by atoms with van der Waals surface area (Å²) in [4.78, 5) is 22.2. The molecule has 0 amide bonds. The predicted octanol–water partition coefficient (Wildman–Crippen LogP) is 0.270. The van der Waals surface area contributed by atoms with Crippen LogP contribution in [0.15, 0.2) is 6.20 Å². The summed E-state index contributed by atoms with van der Waals surface area (Å²) >= 11 is 0. The van der Waals surface area contributed by atoms with Crippen LogP contribution in [0, 0.1) is 0 Å². The first-order chi connectivity index (χ1) is 7.61. The average Bonchev–Trinajstić information content (AvgIpc) is 2.69. The van der Waals surface area contributed by atoms with Crippen molar-refractivity contribution < 1.29 is 14.3 Å². The third-order valence-corrected chi connectivity index (χ3v) is 2.15. The Kier molecular flexibility index (Phi) is 4.63. The first kappa shape index (κ1) is 12.4. The average molecular weight is 225 g/mol. The molecule has 0 aromatic carbocycles. The van der Waals surface area contributed by atoms with Crippen LogP contribution < -0.4 is 0 Å². The molecule has 16 heavy (non-hydrogen) atoms. The molecule has 0 bridgehead atoms. The first-order valence-corrected chi connectivity index (χ1v) is 5.05. The van der Waals surface area contributed by atoms with Gasteiger partial charge in [0.15, 0.2) is 0 Å². The van der Waals surface area contributed by atoms with Crippen LogP contribution in [0.3, 0.4) is 0 Å². The Morgan fingerprint density at radius 3 is 2.69 bits per heavy atom. The summed E-state index contributed by atoms with van der Waals surface area (Å²) in [5.41, 5.74) is 0.786. The normalized spacial score (nSPS) is 10.1. The number of hydrogen-bond donors (Lipinski definition) is 0. The highest BCUT2D eigenvalue weighted by Gasteiger charge is 2.08. The maximum atomic E-state index is 11.4. The Morgan fingerprint density at radius 1 is 1.38 bits per heavy atom. The summed E-state index contributed by atoms with van der Waals surface area (Å²) < 4.78 is 6.04. The van der Waals surface area contributed by atoms with Gasteiger partial charge in [0.05, 0.1) is 19.2 Å². The predicted molar refractivity (Wildman–Crippen MR) is 55.6 cm³/mol. The van der Waals surface area contributed by atoms with Gasteiger partial charge in [0, 0.05) is 26.1 Å². The molecule has 0 fully saturated rings. The topological polar surface area (TPSA) is 74.1 Å². The second-order valence-corrected chi connectivity index (χ2v) is 3.50. The number of ketones is 1. The number of hydrogen-bond acceptors (Lipinski definition) is 5. The monoisotopic (exact) mass is 225 g/mol. The standard InChI is InChI=1S/C10H15N3O3/c1-13-7-8(11-12-13)3-4-9(14)5-6-10(15)16-2/h7H,3-6H2,1-2H3. The molecule has 0 saturated carbocycles. The molecule has 0 spiro atoms. The number of Topliss-reactive ketones (excluding diaryl/α,β-unsaturated/α-hetero) is 1. The molecule has 0 atom stereocenters. The van der Waals surface area contributed by atoms with E-state index in [1.807, 2.05) is 0 Å². The Labute approximate surface area is 93.6 Å². The van der Waals surface area contributed by atoms with Gasteiger partial charge in [0.2, 0.25) is 0 Å². The minimum absolute atomic E-state index is 0.0380. The van der Waals surface area contributed by atoms with Crippen LogP contribution in [0.4, 0.5) is 0 Å². The Hall–Kier alpha value is -1.72. The molecule has 0 aliphatic heterocycles. The van der Waals surface area contributed by atoms with E-state index in [9.17, 15) is 9.59 Å². The van der Waals surface area contributed by atoms with Gasteiger partial charge >= 0.3 is 5.97 Å². The fraction of sp³-hybridized carbons (Fsp3) is 0.600. The van der Waals surface area contributed by atoms with Gasteiger partial charge in [0.1, 0.15) is 5.78 Å². The molecule has 1 rings (SSSR count). The molecular formula is C10H15N3O3. The van der Waals surface area contributed by atoms with Gasteiger partial charge in [-0.2, -0.15) is 0 Å². The van der Waals surface area contributed by atoms with Crippen LogP contribution in [0.25, 0.3) is 0 Å². The third-order valence-electron chi connectivity index (χ3n) is 2.15. The van der Waals surface area contributed by atoms with Gasteiger partial charge in [0.25, 0.3) is 0 Å². The highest BCUT2D eigenvalue weighted by Crippen LogP contribution is 2.02. The van der Waals surface area contributed by atoms with Crippen molar-refractivity contribution in [1.29, 1.82) is 0 Å². The zero-order valence-electron chi connectivity index (χ0n) is 9.47. The number of carbonyl (C=O) groups excluding carboxylic acids is 2. The van der Waals surface area contributed by atoms with E-state index in [-0.39, 0.29) is 24.6 Å². The molecule has 0 unspecified atom stereocenters. The van der Waals surface area contributed by atoms with E-state index in [1.54, 1.807) is 17.9 Å². The van der Waals surface area contributed by atoms with Gasteiger partial charge in [-0.3, -0.25) is 14.3 Å². The lowest BCUT2D eigenvalue weighted by molar-refractivity contribution is -0.141. The molecule has 1 aromatic heterocycles. The SMILES string of the molecule is COC(=O)CCC(=O)CCc1cn(C)nn1. The number of carbonyl (C=O) groups is 2. The minimum Gasteiger partial charge on any atom is -0.469 e. The number of nitrogens with zero attached hydrogens (tertiary/aromatic N) is 3. The lowest BCUT2D eigenvalue weighted by Crippen LogP contribution is -2.06. The van der Waals surface area contributed by atoms with Crippen molar-refractivity contribution in [1.82, 2.24) is 15.0 Å². The van der Waals surface area contributed by atoms with Crippen molar-refractivity contribution in [3.8, 4) is 0 Å². The van der Waals surface area contributed by atoms with Crippen LogP contribution in [-0.4, -0.2) is 33.9 Å². The molecule has 6 nitrogen and oxygen atoms in total. The highest BCUT2D eigenvalue weighted by molar-refractivity contribution is 5.82. The summed E-state index contributed by atoms with van der Waals surface area (Å²) in [6, 6.07) is 0. The molecular weight excluding hydrogens is 210 g/mol. The van der Waals surface area contributed by atoms with Gasteiger partial charge < -0.3 is 4.74 Å². The summed E-state index contributed by atoms with van der Waals surface area (Å²) in [6.45, 7) is 0. The van der Waals surface area contributed by atoms with E-state index in [0.717, 1.165) is 5.69 Å². The van der Waals surface area contributed by atoms with Crippen molar-refractivity contribution in [3.63, 3.8) is 0 Å². The minimum atomic E-state index is -0.354. The van der Waals surface area contributed by atoms with Crippen molar-refractivity contribution in [2.75, 3.05) is 7.11 Å². The van der Waals surface area contributed by atoms with Crippen LogP contribution in [0.2, 0.25) is 0 Å². The van der Waals surface area contributed by atoms with Crippen molar-refractivity contribution in [2.45, 2.75) is 25.7 Å². The van der Waals surface area contributed by atoms with Crippen LogP contribution in [0.5, 0.6) is 0 Å². The number of methoxy groups -OCH3 is 1. The third kappa shape index (κ3) is 4.20. The molecule has 1 aromatic rings. The largest absolute Gasteiger partial charge is 0.469 e. The Balaban J connectivity index is 2.22. The Morgan fingerprint density at radius 2 is 2.12 bits per heavy atom. The van der Waals surface area contributed by atoms with E-state index in [2.05, 4.69) is 15.0 Å². The molecule has 88 valence electrons. The molecule has 0 aliphatic carbocycles. The van der Waals surface area contributed by atoms with E-state index in [1.165, 1.54) is 7.11 Å². The fourth-order valence-electron chi connectivity index (χ4n) is 1.25. The first-order valence-electron chi connectivity index (χ1n) is 5.05. The molecule has 0 aliphatic rings. The second kappa shape index (κ2) is 5.99. The van der Waals surface area contributed by atoms with E-state index in [0.29, 0.717) is 12.8 Å². The molecule has 6 heteroatoms. The van der Waals surface area contributed by atoms with Crippen LogP contribution >= 0.6 is 0 Å². The van der Waals surface area contributed by atoms with E-state index < -0.39 is 0 Å². The quantitative estimate of drug-likeness (QED) is 0.650. The van der Waals surface area contributed by atoms with E-state index >= 15 is 0 Å². The molecule has 0 N–H and O–H groups in total. The lowest BCUT2D eigenvalue weighted by atomic mass is 10.1. The number of esters is 1. The molecule has 1 heterocycles. The number of aromatic nitrogens is 3. The highest BCUT2D eigenvalue weighted by atomic mass is 16.5. The Bertz CT molecular complexity index is 373. The molecule has 0 saturated heterocycles. The lowest BCUT2D eigenvalue weighted by Gasteiger charge is -1.98. The van der Waals surface area contributed by atoms with Crippen molar-refractivity contribution in [2.24, 2.45) is 7.05 Å². The maximum absolute atomic E-state index is 11.4. The summed E-state index contributed by atoms with van der Waals surface area (Å²) in [5.74, 6) is -0.316. The van der Waals surface area contributed by atoms with Crippen molar-refractivity contribution in [3.05, 3.63) is 11.9 Å². The number of aryl methyl sites for hydroxylation is 2. The molecule has 0 radical (unpaired) electrons. The summed E-state index contributed by atoms with van der Waals surface area (Å²) in [6.07, 6.45) is 3.10. The smallest absolute Gasteiger partial charge is 0.305 e. The maximum Gasteiger partial charge on any atom is 0.305 e. The van der Waals surface area contributed by atoms with E-state index in [4.69, 9.17) is 0 Å². The fourth-order valence-corrected chi connectivity index (χ4v) is 1.25. The summed E-state index contributed by atoms with van der Waals surface area (Å²) in [5, 5.41) is 7.63. The van der Waals surface area contributed by atoms with Crippen LogP contribution in [-0.2, 0) is 27.8 Å². The van der Waals surface area contributed by atoms with Gasteiger partial charge in [-0.15, -0.1) is 5.10 Å². The number of ether oxygens (including phenoxy) is 1. The van der Waals surface area contributed by atoms with Gasteiger partial charge in [-0.05, 0) is 6.42 Å². The zero-order valence-corrected chi connectivity index (χ0v) is 9.47. The zero-order chi connectivity index (χ0) is 12.0. The van der Waals surface area contributed by atoms with Crippen LogP contribution in [0.1, 0.15) is 25.0 Å². The second-order valence-electron chi connectivity index (χ2n) is 3.50. The van der Waals surface area contributed by atoms with Gasteiger partial charge in [-0.1, -0.05) is 5.21 Å². The summed E-state index contributed by atoms with van der Waals surface area (Å²) in [7, 11) is 3.09. The number of rotatable bonds is 6. The van der Waals surface area contributed by atoms with Crippen molar-refractivity contribution >= 4 is 11.8 Å².